The van der Waals surface area contributed by atoms with Gasteiger partial charge in [-0.25, -0.2) is 4.79 Å². The quantitative estimate of drug-likeness (QED) is 0.100. The predicted octanol–water partition coefficient (Wildman–Crippen LogP) is 7.69. The Hall–Kier alpha value is -2.33. The van der Waals surface area contributed by atoms with Gasteiger partial charge in [0.15, 0.2) is 6.04 Å². The summed E-state index contributed by atoms with van der Waals surface area (Å²) in [5.41, 5.74) is 2.42. The number of likely N-dealkylation sites (N-methyl/N-ethyl adjacent to an activating group) is 1. The van der Waals surface area contributed by atoms with E-state index < -0.39 is 6.29 Å². The molecule has 2 rings (SSSR count). The lowest BCUT2D eigenvalue weighted by Crippen LogP contribution is -2.53. The Bertz CT molecular complexity index is 849. The van der Waals surface area contributed by atoms with E-state index in [9.17, 15) is 4.79 Å². The van der Waals surface area contributed by atoms with Crippen molar-refractivity contribution in [2.24, 2.45) is 0 Å². The van der Waals surface area contributed by atoms with Crippen molar-refractivity contribution in [3.05, 3.63) is 65.7 Å². The number of rotatable bonds is 17. The van der Waals surface area contributed by atoms with E-state index >= 15 is 0 Å². The predicted molar refractivity (Wildman–Crippen MR) is 145 cm³/mol. The van der Waals surface area contributed by atoms with Gasteiger partial charge >= 0.3 is 5.97 Å². The normalized spacial score (nSPS) is 13.3. The summed E-state index contributed by atoms with van der Waals surface area (Å²) in [6.07, 6.45) is 10.3. The summed E-state index contributed by atoms with van der Waals surface area (Å²) in [7, 11) is 4.21. The molecule has 0 bridgehead atoms. The lowest BCUT2D eigenvalue weighted by atomic mass is 10.0. The fourth-order valence-electron chi connectivity index (χ4n) is 4.76. The van der Waals surface area contributed by atoms with Gasteiger partial charge in [0.1, 0.15) is 12.3 Å². The molecular weight excluding hydrogens is 434 g/mol. The van der Waals surface area contributed by atoms with Crippen molar-refractivity contribution in [1.82, 2.24) is 0 Å². The largest absolute Gasteiger partial charge is 0.454 e. The second-order valence-corrected chi connectivity index (χ2v) is 10.2. The van der Waals surface area contributed by atoms with Gasteiger partial charge in [0.2, 0.25) is 6.29 Å². The minimum atomic E-state index is -0.566. The smallest absolute Gasteiger partial charge is 0.368 e. The molecule has 0 spiro atoms. The van der Waals surface area contributed by atoms with Crippen LogP contribution in [0.1, 0.15) is 89.7 Å². The molecule has 0 fully saturated rings. The zero-order valence-electron chi connectivity index (χ0n) is 22.8. The number of hydrogen-bond donors (Lipinski definition) is 0. The second-order valence-electron chi connectivity index (χ2n) is 10.2. The number of ether oxygens (including phenoxy) is 2. The number of nitrogens with zero attached hydrogens (tertiary/aromatic N) is 1. The molecule has 0 aliphatic carbocycles. The molecule has 0 aliphatic rings. The fourth-order valence-corrected chi connectivity index (χ4v) is 4.76. The summed E-state index contributed by atoms with van der Waals surface area (Å²) in [4.78, 5) is 13.4. The van der Waals surface area contributed by atoms with E-state index in [2.05, 4.69) is 59.1 Å². The topological polar surface area (TPSA) is 35.5 Å². The lowest BCUT2D eigenvalue weighted by Gasteiger charge is -2.36. The molecule has 0 amide bonds. The van der Waals surface area contributed by atoms with Crippen molar-refractivity contribution in [1.29, 1.82) is 0 Å². The first-order valence-electron chi connectivity index (χ1n) is 13.7. The van der Waals surface area contributed by atoms with Crippen LogP contribution in [0.4, 0.5) is 0 Å². The molecule has 4 heteroatoms. The van der Waals surface area contributed by atoms with Gasteiger partial charge in [0.25, 0.3) is 0 Å². The Kier molecular flexibility index (Phi) is 12.9. The summed E-state index contributed by atoms with van der Waals surface area (Å²) >= 11 is 0. The minimum absolute atomic E-state index is 0.180. The van der Waals surface area contributed by atoms with Crippen LogP contribution in [-0.2, 0) is 22.5 Å². The maximum atomic E-state index is 13.4. The molecule has 35 heavy (non-hydrogen) atoms. The van der Waals surface area contributed by atoms with Crippen LogP contribution in [0.5, 0.6) is 5.75 Å². The number of para-hydroxylation sites is 1. The van der Waals surface area contributed by atoms with Crippen LogP contribution in [-0.4, -0.2) is 36.9 Å². The molecule has 0 radical (unpaired) electrons. The van der Waals surface area contributed by atoms with E-state index in [1.54, 1.807) is 0 Å². The third kappa shape index (κ3) is 10.0. The van der Waals surface area contributed by atoms with Gasteiger partial charge in [-0.15, -0.1) is 0 Å². The van der Waals surface area contributed by atoms with E-state index in [0.29, 0.717) is 17.3 Å². The molecule has 4 nitrogen and oxygen atoms in total. The van der Waals surface area contributed by atoms with Crippen molar-refractivity contribution in [2.75, 3.05) is 14.1 Å². The summed E-state index contributed by atoms with van der Waals surface area (Å²) in [5.74, 6) is 0.665. The molecular formula is C31H48NO3+. The monoisotopic (exact) mass is 482 g/mol. The highest BCUT2D eigenvalue weighted by Gasteiger charge is 2.36. The molecule has 0 aliphatic heterocycles. The van der Waals surface area contributed by atoms with Gasteiger partial charge in [-0.1, -0.05) is 101 Å². The SMILES string of the molecule is CCCCCCCCc1ccccc1OC(CCC)OC(=O)C(CC)[N+](C)(C)Cc1ccccc1. The van der Waals surface area contributed by atoms with Crippen molar-refractivity contribution in [2.45, 2.75) is 104 Å². The van der Waals surface area contributed by atoms with Crippen LogP contribution < -0.4 is 4.74 Å². The Labute approximate surface area is 214 Å². The molecule has 194 valence electrons. The first-order chi connectivity index (χ1) is 16.9. The number of hydrogen-bond acceptors (Lipinski definition) is 3. The first kappa shape index (κ1) is 28.9. The minimum Gasteiger partial charge on any atom is -0.454 e. The van der Waals surface area contributed by atoms with Gasteiger partial charge in [0, 0.05) is 18.4 Å². The van der Waals surface area contributed by atoms with Crippen molar-refractivity contribution in [3.63, 3.8) is 0 Å². The van der Waals surface area contributed by atoms with Gasteiger partial charge < -0.3 is 14.0 Å². The molecule has 0 saturated heterocycles. The van der Waals surface area contributed by atoms with Gasteiger partial charge in [-0.3, -0.25) is 0 Å². The second kappa shape index (κ2) is 15.6. The fraction of sp³-hybridized carbons (Fsp3) is 0.581. The maximum absolute atomic E-state index is 13.4. The highest BCUT2D eigenvalue weighted by molar-refractivity contribution is 5.74. The molecule has 2 aromatic carbocycles. The number of carbonyl (C=O) groups excluding carboxylic acids is 1. The molecule has 2 unspecified atom stereocenters. The number of quaternary nitrogens is 1. The third-order valence-electron chi connectivity index (χ3n) is 6.74. The van der Waals surface area contributed by atoms with Gasteiger partial charge in [0.05, 0.1) is 14.1 Å². The van der Waals surface area contributed by atoms with Crippen molar-refractivity contribution < 1.29 is 18.8 Å². The lowest BCUT2D eigenvalue weighted by molar-refractivity contribution is -0.919. The Morgan fingerprint density at radius 1 is 0.829 bits per heavy atom. The van der Waals surface area contributed by atoms with Crippen LogP contribution in [0.25, 0.3) is 0 Å². The van der Waals surface area contributed by atoms with E-state index in [0.717, 1.165) is 31.6 Å². The van der Waals surface area contributed by atoms with E-state index in [4.69, 9.17) is 9.47 Å². The summed E-state index contributed by atoms with van der Waals surface area (Å²) in [6.45, 7) is 7.18. The number of carbonyl (C=O) groups is 1. The maximum Gasteiger partial charge on any atom is 0.368 e. The summed E-state index contributed by atoms with van der Waals surface area (Å²) in [5, 5.41) is 0. The number of aryl methyl sites for hydroxylation is 1. The number of benzene rings is 2. The zero-order chi connectivity index (χ0) is 25.5. The van der Waals surface area contributed by atoms with E-state index in [1.807, 2.05) is 30.3 Å². The third-order valence-corrected chi connectivity index (χ3v) is 6.74. The highest BCUT2D eigenvalue weighted by atomic mass is 16.7. The average Bonchev–Trinajstić information content (AvgIpc) is 2.83. The summed E-state index contributed by atoms with van der Waals surface area (Å²) < 4.78 is 12.9. The van der Waals surface area contributed by atoms with Crippen LogP contribution >= 0.6 is 0 Å². The van der Waals surface area contributed by atoms with Gasteiger partial charge in [-0.2, -0.15) is 0 Å². The van der Waals surface area contributed by atoms with Crippen LogP contribution in [0.2, 0.25) is 0 Å². The van der Waals surface area contributed by atoms with Crippen LogP contribution in [0.15, 0.2) is 54.6 Å². The number of unbranched alkanes of at least 4 members (excludes halogenated alkanes) is 5. The molecule has 0 N–H and O–H groups in total. The molecule has 2 atom stereocenters. The molecule has 0 aromatic heterocycles. The van der Waals surface area contributed by atoms with E-state index in [-0.39, 0.29) is 12.0 Å². The van der Waals surface area contributed by atoms with Crippen molar-refractivity contribution in [3.8, 4) is 5.75 Å². The molecule has 2 aromatic rings. The summed E-state index contributed by atoms with van der Waals surface area (Å²) in [6, 6.07) is 18.3. The Balaban J connectivity index is 2.02. The van der Waals surface area contributed by atoms with Crippen molar-refractivity contribution >= 4 is 5.97 Å². The Morgan fingerprint density at radius 2 is 1.49 bits per heavy atom. The number of esters is 1. The molecule has 0 heterocycles. The standard InChI is InChI=1S/C31H48NO3/c1-6-9-10-11-12-16-22-27-23-17-18-24-29(27)34-30(19-7-2)35-31(33)28(8-3)32(4,5)25-26-20-14-13-15-21-26/h13-15,17-18,20-21,23-24,28,30H,6-12,16,19,22,25H2,1-5H3/q+1. The van der Waals surface area contributed by atoms with Gasteiger partial charge in [-0.05, 0) is 30.9 Å². The Morgan fingerprint density at radius 3 is 2.17 bits per heavy atom. The first-order valence-corrected chi connectivity index (χ1v) is 13.7. The van der Waals surface area contributed by atoms with E-state index in [1.165, 1.54) is 43.2 Å². The van der Waals surface area contributed by atoms with Crippen LogP contribution in [0, 0.1) is 0 Å². The molecule has 0 saturated carbocycles. The highest BCUT2D eigenvalue weighted by Crippen LogP contribution is 2.25. The average molecular weight is 483 g/mol. The zero-order valence-corrected chi connectivity index (χ0v) is 22.8. The van der Waals surface area contributed by atoms with Crippen LogP contribution in [0.3, 0.4) is 0 Å².